The summed E-state index contributed by atoms with van der Waals surface area (Å²) in [7, 11) is -2.73. The second-order valence-electron chi connectivity index (χ2n) is 4.93. The van der Waals surface area contributed by atoms with Crippen molar-refractivity contribution < 1.29 is 22.4 Å². The number of aryl methyl sites for hydroxylation is 1. The van der Waals surface area contributed by atoms with Crippen LogP contribution < -0.4 is 4.72 Å². The topological polar surface area (TPSA) is 85.6 Å². The molecule has 124 valence electrons. The molecule has 8 heteroatoms. The third kappa shape index (κ3) is 3.93. The molecule has 0 bridgehead atoms. The van der Waals surface area contributed by atoms with E-state index in [1.54, 1.807) is 26.0 Å². The molecule has 2 aromatic rings. The summed E-state index contributed by atoms with van der Waals surface area (Å²) in [6, 6.07) is 6.75. The Morgan fingerprint density at radius 2 is 2.00 bits per heavy atom. The number of sulfonamides is 1. The van der Waals surface area contributed by atoms with E-state index < -0.39 is 22.0 Å². The molecule has 23 heavy (non-hydrogen) atoms. The number of benzene rings is 1. The summed E-state index contributed by atoms with van der Waals surface area (Å²) in [6.45, 7) is 3.41. The first-order chi connectivity index (χ1) is 10.7. The van der Waals surface area contributed by atoms with Gasteiger partial charge in [-0.25, -0.2) is 17.9 Å². The Hall–Kier alpha value is -1.83. The highest BCUT2D eigenvalue weighted by molar-refractivity contribution is 7.89. The number of nitrogens with one attached hydrogen (secondary N) is 1. The molecule has 0 aliphatic carbocycles. The van der Waals surface area contributed by atoms with Gasteiger partial charge in [0, 0.05) is 0 Å². The van der Waals surface area contributed by atoms with Gasteiger partial charge < -0.3 is 9.15 Å². The molecule has 1 aromatic carbocycles. The largest absolute Gasteiger partial charge is 0.465 e. The molecule has 1 aromatic heterocycles. The first-order valence-corrected chi connectivity index (χ1v) is 8.57. The van der Waals surface area contributed by atoms with Gasteiger partial charge in [-0.1, -0.05) is 11.6 Å². The van der Waals surface area contributed by atoms with Gasteiger partial charge in [0.25, 0.3) is 0 Å². The molecule has 0 aliphatic heterocycles. The van der Waals surface area contributed by atoms with Crippen LogP contribution in [-0.2, 0) is 14.8 Å². The Morgan fingerprint density at radius 1 is 1.30 bits per heavy atom. The summed E-state index contributed by atoms with van der Waals surface area (Å²) in [5.41, 5.74) is 0.0961. The van der Waals surface area contributed by atoms with Crippen LogP contribution in [0.5, 0.6) is 0 Å². The van der Waals surface area contributed by atoms with Gasteiger partial charge >= 0.3 is 5.97 Å². The van der Waals surface area contributed by atoms with Crippen LogP contribution in [0, 0.1) is 6.92 Å². The van der Waals surface area contributed by atoms with Crippen molar-refractivity contribution in [2.45, 2.75) is 24.8 Å². The lowest BCUT2D eigenvalue weighted by Gasteiger charge is -2.13. The van der Waals surface area contributed by atoms with E-state index in [-0.39, 0.29) is 15.5 Å². The maximum absolute atomic E-state index is 12.5. The number of esters is 1. The number of carbonyl (C=O) groups is 1. The highest BCUT2D eigenvalue weighted by Crippen LogP contribution is 2.25. The van der Waals surface area contributed by atoms with E-state index in [0.717, 1.165) is 0 Å². The quantitative estimate of drug-likeness (QED) is 0.831. The molecule has 6 nitrogen and oxygen atoms in total. The van der Waals surface area contributed by atoms with Crippen LogP contribution in [0.4, 0.5) is 0 Å². The lowest BCUT2D eigenvalue weighted by atomic mass is 10.2. The number of ether oxygens (including phenoxy) is 1. The van der Waals surface area contributed by atoms with Gasteiger partial charge in [0.2, 0.25) is 10.0 Å². The van der Waals surface area contributed by atoms with Gasteiger partial charge in [-0.05, 0) is 44.2 Å². The van der Waals surface area contributed by atoms with Gasteiger partial charge in [0.15, 0.2) is 0 Å². The van der Waals surface area contributed by atoms with Gasteiger partial charge in [-0.2, -0.15) is 0 Å². The zero-order valence-electron chi connectivity index (χ0n) is 12.8. The van der Waals surface area contributed by atoms with Gasteiger partial charge in [-0.15, -0.1) is 0 Å². The van der Waals surface area contributed by atoms with E-state index in [0.29, 0.717) is 11.5 Å². The van der Waals surface area contributed by atoms with E-state index >= 15 is 0 Å². The maximum Gasteiger partial charge on any atom is 0.337 e. The highest BCUT2D eigenvalue weighted by atomic mass is 35.5. The van der Waals surface area contributed by atoms with Crippen molar-refractivity contribution in [3.8, 4) is 0 Å². The van der Waals surface area contributed by atoms with E-state index in [9.17, 15) is 13.2 Å². The molecule has 0 radical (unpaired) electrons. The van der Waals surface area contributed by atoms with Crippen molar-refractivity contribution in [1.82, 2.24) is 4.72 Å². The highest BCUT2D eigenvalue weighted by Gasteiger charge is 2.24. The van der Waals surface area contributed by atoms with Gasteiger partial charge in [-0.3, -0.25) is 0 Å². The van der Waals surface area contributed by atoms with Crippen molar-refractivity contribution in [2.24, 2.45) is 0 Å². The first kappa shape index (κ1) is 17.5. The van der Waals surface area contributed by atoms with Crippen molar-refractivity contribution in [2.75, 3.05) is 7.11 Å². The minimum atomic E-state index is -3.94. The molecule has 0 saturated carbocycles. The predicted octanol–water partition coefficient (Wildman–Crippen LogP) is 3.07. The summed E-state index contributed by atoms with van der Waals surface area (Å²) in [4.78, 5) is 11.4. The number of furan rings is 1. The second kappa shape index (κ2) is 6.74. The van der Waals surface area contributed by atoms with Crippen LogP contribution in [0.1, 0.15) is 34.8 Å². The lowest BCUT2D eigenvalue weighted by Crippen LogP contribution is -2.27. The molecule has 0 unspecified atom stereocenters. The molecule has 0 aliphatic rings. The molecule has 1 atom stereocenters. The summed E-state index contributed by atoms with van der Waals surface area (Å²) in [5, 5.41) is 0.00739. The van der Waals surface area contributed by atoms with E-state index in [1.165, 1.54) is 25.3 Å². The molecule has 0 spiro atoms. The lowest BCUT2D eigenvalue weighted by molar-refractivity contribution is 0.0600. The van der Waals surface area contributed by atoms with E-state index in [1.807, 2.05) is 0 Å². The van der Waals surface area contributed by atoms with Gasteiger partial charge in [0.05, 0.1) is 23.7 Å². The van der Waals surface area contributed by atoms with Gasteiger partial charge in [0.1, 0.15) is 16.4 Å². The fourth-order valence-corrected chi connectivity index (χ4v) is 3.73. The molecule has 2 rings (SSSR count). The van der Waals surface area contributed by atoms with Crippen molar-refractivity contribution in [1.29, 1.82) is 0 Å². The molecular formula is C15H16ClNO5S. The number of methoxy groups -OCH3 is 1. The van der Waals surface area contributed by atoms with Crippen LogP contribution in [0.2, 0.25) is 5.02 Å². The van der Waals surface area contributed by atoms with E-state index in [4.69, 9.17) is 16.0 Å². The number of hydrogen-bond donors (Lipinski definition) is 1. The van der Waals surface area contributed by atoms with Crippen molar-refractivity contribution in [3.63, 3.8) is 0 Å². The molecule has 0 saturated heterocycles. The molecule has 1 heterocycles. The van der Waals surface area contributed by atoms with Crippen LogP contribution in [0.3, 0.4) is 0 Å². The number of halogens is 1. The second-order valence-corrected chi connectivity index (χ2v) is 7.02. The fourth-order valence-electron chi connectivity index (χ4n) is 1.99. The molecular weight excluding hydrogens is 342 g/mol. The van der Waals surface area contributed by atoms with Crippen LogP contribution in [-0.4, -0.2) is 21.5 Å². The minimum absolute atomic E-state index is 0.00739. The number of rotatable bonds is 5. The Bertz CT molecular complexity index is 828. The SMILES string of the molecule is COC(=O)c1ccc(Cl)c(S(=O)(=O)N[C@@H](C)c2ccc(C)o2)c1. The molecule has 0 fully saturated rings. The summed E-state index contributed by atoms with van der Waals surface area (Å²) in [6.07, 6.45) is 0. The Kier molecular flexibility index (Phi) is 5.13. The van der Waals surface area contributed by atoms with Crippen LogP contribution >= 0.6 is 11.6 Å². The Labute approximate surface area is 139 Å². The monoisotopic (exact) mass is 357 g/mol. The Morgan fingerprint density at radius 3 is 2.57 bits per heavy atom. The number of carbonyl (C=O) groups excluding carboxylic acids is 1. The Balaban J connectivity index is 2.33. The first-order valence-electron chi connectivity index (χ1n) is 6.71. The summed E-state index contributed by atoms with van der Waals surface area (Å²) >= 11 is 5.97. The standard InChI is InChI=1S/C15H16ClNO5S/c1-9-4-7-13(22-9)10(2)17-23(19,20)14-8-11(15(18)21-3)5-6-12(14)16/h4-8,10,17H,1-3H3/t10-/m0/s1. The zero-order chi connectivity index (χ0) is 17.2. The van der Waals surface area contributed by atoms with Crippen LogP contribution in [0.25, 0.3) is 0 Å². The average Bonchev–Trinajstić information content (AvgIpc) is 2.93. The third-order valence-electron chi connectivity index (χ3n) is 3.16. The van der Waals surface area contributed by atoms with Crippen molar-refractivity contribution >= 4 is 27.6 Å². The summed E-state index contributed by atoms with van der Waals surface area (Å²) in [5.74, 6) is 0.510. The average molecular weight is 358 g/mol. The normalized spacial score (nSPS) is 12.9. The van der Waals surface area contributed by atoms with E-state index in [2.05, 4.69) is 9.46 Å². The smallest absolute Gasteiger partial charge is 0.337 e. The van der Waals surface area contributed by atoms with Crippen LogP contribution in [0.15, 0.2) is 39.6 Å². The maximum atomic E-state index is 12.5. The fraction of sp³-hybridized carbons (Fsp3) is 0.267. The number of hydrogen-bond acceptors (Lipinski definition) is 5. The molecule has 1 N–H and O–H groups in total. The third-order valence-corrected chi connectivity index (χ3v) is 5.18. The summed E-state index contributed by atoms with van der Waals surface area (Å²) < 4.78 is 37.5. The zero-order valence-corrected chi connectivity index (χ0v) is 14.4. The van der Waals surface area contributed by atoms with Crippen molar-refractivity contribution in [3.05, 3.63) is 52.4 Å². The predicted molar refractivity (Wildman–Crippen MR) is 85.0 cm³/mol. The molecule has 0 amide bonds. The minimum Gasteiger partial charge on any atom is -0.465 e.